The molecule has 7 aromatic rings. The van der Waals surface area contributed by atoms with E-state index in [4.69, 9.17) is 28.2 Å². The molecule has 1 heterocycles. The van der Waals surface area contributed by atoms with Crippen LogP contribution in [-0.4, -0.2) is 22.9 Å². The van der Waals surface area contributed by atoms with Gasteiger partial charge in [0.2, 0.25) is 11.5 Å². The molecule has 270 valence electrons. The highest BCUT2D eigenvalue weighted by atomic mass is 31.2. The summed E-state index contributed by atoms with van der Waals surface area (Å²) in [5.74, 6) is 0.952. The highest BCUT2D eigenvalue weighted by molar-refractivity contribution is 7.56. The van der Waals surface area contributed by atoms with Crippen LogP contribution in [0.2, 0.25) is 0 Å². The fourth-order valence-corrected chi connectivity index (χ4v) is 9.66. The van der Waals surface area contributed by atoms with Crippen molar-refractivity contribution in [3.05, 3.63) is 178 Å². The molecule has 0 amide bonds. The van der Waals surface area contributed by atoms with Crippen molar-refractivity contribution in [1.82, 2.24) is 13.0 Å². The Hall–Kier alpha value is -6.78. The molecular formula is C36H26N5O10P3. The number of aromatic nitrogens is 3. The lowest BCUT2D eigenvalue weighted by Crippen LogP contribution is -2.15. The lowest BCUT2D eigenvalue weighted by molar-refractivity contribution is -0.386. The average Bonchev–Trinajstić information content (AvgIpc) is 3.19. The third-order valence-corrected chi connectivity index (χ3v) is 11.7. The first kappa shape index (κ1) is 35.6. The zero-order chi connectivity index (χ0) is 37.3. The first-order valence-electron chi connectivity index (χ1n) is 15.9. The summed E-state index contributed by atoms with van der Waals surface area (Å²) < 4.78 is 32.2. The lowest BCUT2D eigenvalue weighted by atomic mass is 10.2. The number of hydrogen-bond donors (Lipinski definition) is 0. The first-order valence-corrected chi connectivity index (χ1v) is 19.0. The van der Waals surface area contributed by atoms with Crippen LogP contribution in [0.15, 0.2) is 158 Å². The Labute approximate surface area is 310 Å². The predicted octanol–water partition coefficient (Wildman–Crippen LogP) is 11.1. The van der Waals surface area contributed by atoms with E-state index >= 15 is 0 Å². The number of benzene rings is 6. The van der Waals surface area contributed by atoms with E-state index in [0.717, 1.165) is 0 Å². The van der Waals surface area contributed by atoms with Gasteiger partial charge in [-0.3, -0.25) is 20.2 Å². The standard InChI is InChI=1S/C36H26N5O10P3/c42-38(43)31-23-13-14-24-32(31)49-41-53(37-52-40(48-29-19-9-3-10-20-29)54(41)50-30-21-11-4-12-22-30)51-33-25-26-34(46-27-15-5-1-6-16-27)36(35(33)39(44)45)47-28-17-7-2-8-18-28/h1-26H. The second-order valence-corrected chi connectivity index (χ2v) is 15.1. The van der Waals surface area contributed by atoms with Crippen molar-refractivity contribution >= 4 is 36.0 Å². The van der Waals surface area contributed by atoms with Crippen molar-refractivity contribution < 1.29 is 38.0 Å². The smallest absolute Gasteiger partial charge is 0.358 e. The maximum atomic E-state index is 12.9. The molecule has 0 N–H and O–H groups in total. The van der Waals surface area contributed by atoms with Crippen LogP contribution in [0.3, 0.4) is 0 Å². The SMILES string of the molecule is O=[N+]([O-])c1ccccc1On1p(Oc2ccc(Oc3ccccc3)c(Oc3ccccc3)c2[N+](=O)[O-])npn(Oc2ccccc2)p1Oc1ccccc1. The van der Waals surface area contributed by atoms with Crippen LogP contribution in [0.4, 0.5) is 11.4 Å². The van der Waals surface area contributed by atoms with Gasteiger partial charge in [-0.15, -0.1) is 4.51 Å². The van der Waals surface area contributed by atoms with Crippen LogP contribution >= 0.6 is 24.7 Å². The molecule has 7 rings (SSSR count). The molecular weight excluding hydrogens is 755 g/mol. The summed E-state index contributed by atoms with van der Waals surface area (Å²) in [4.78, 5) is 36.2. The topological polar surface area (TPSA) is 164 Å². The number of rotatable bonds is 14. The second-order valence-electron chi connectivity index (χ2n) is 10.7. The highest BCUT2D eigenvalue weighted by Gasteiger charge is 2.31. The zero-order valence-corrected chi connectivity index (χ0v) is 30.4. The van der Waals surface area contributed by atoms with Gasteiger partial charge in [0, 0.05) is 6.07 Å². The molecule has 0 fully saturated rings. The normalized spacial score (nSPS) is 11.3. The van der Waals surface area contributed by atoms with E-state index in [-0.39, 0.29) is 37.2 Å². The van der Waals surface area contributed by atoms with Crippen LogP contribution < -0.4 is 28.2 Å². The average molecular weight is 782 g/mol. The van der Waals surface area contributed by atoms with Gasteiger partial charge < -0.3 is 28.2 Å². The van der Waals surface area contributed by atoms with E-state index < -0.39 is 31.7 Å². The van der Waals surface area contributed by atoms with Crippen molar-refractivity contribution in [3.8, 4) is 46.0 Å². The molecule has 6 aromatic carbocycles. The summed E-state index contributed by atoms with van der Waals surface area (Å²) in [5.41, 5.74) is -0.920. The maximum Gasteiger partial charge on any atom is 0.358 e. The van der Waals surface area contributed by atoms with Gasteiger partial charge in [0.15, 0.2) is 20.0 Å². The summed E-state index contributed by atoms with van der Waals surface area (Å²) >= 11 is 0. The zero-order valence-electron chi connectivity index (χ0n) is 27.7. The maximum absolute atomic E-state index is 12.9. The van der Waals surface area contributed by atoms with E-state index in [9.17, 15) is 20.2 Å². The number of nitro benzene ring substituents is 2. The quantitative estimate of drug-likeness (QED) is 0.0761. The van der Waals surface area contributed by atoms with Gasteiger partial charge >= 0.3 is 27.5 Å². The van der Waals surface area contributed by atoms with Crippen LogP contribution in [-0.2, 0) is 0 Å². The van der Waals surface area contributed by atoms with Gasteiger partial charge in [-0.25, -0.2) is 0 Å². The van der Waals surface area contributed by atoms with Crippen molar-refractivity contribution in [2.45, 2.75) is 0 Å². The number of para-hydroxylation sites is 6. The molecule has 0 radical (unpaired) electrons. The van der Waals surface area contributed by atoms with E-state index in [1.807, 2.05) is 18.2 Å². The molecule has 1 aromatic heterocycles. The lowest BCUT2D eigenvalue weighted by Gasteiger charge is -2.21. The van der Waals surface area contributed by atoms with E-state index in [1.165, 1.54) is 38.8 Å². The molecule has 2 atom stereocenters. The Balaban J connectivity index is 1.41. The van der Waals surface area contributed by atoms with Crippen LogP contribution in [0, 0.1) is 20.2 Å². The van der Waals surface area contributed by atoms with Crippen LogP contribution in [0.25, 0.3) is 0 Å². The molecule has 0 spiro atoms. The fraction of sp³-hybridized carbons (Fsp3) is 0. The van der Waals surface area contributed by atoms with Crippen molar-refractivity contribution in [1.29, 1.82) is 0 Å². The van der Waals surface area contributed by atoms with Crippen molar-refractivity contribution in [2.24, 2.45) is 0 Å². The Kier molecular flexibility index (Phi) is 11.0. The molecule has 2 unspecified atom stereocenters. The summed E-state index contributed by atoms with van der Waals surface area (Å²) in [6, 6.07) is 43.4. The molecule has 54 heavy (non-hydrogen) atoms. The second kappa shape index (κ2) is 16.7. The fourth-order valence-electron chi connectivity index (χ4n) is 4.71. The van der Waals surface area contributed by atoms with E-state index in [2.05, 4.69) is 4.51 Å². The van der Waals surface area contributed by atoms with Gasteiger partial charge in [0.1, 0.15) is 17.2 Å². The minimum Gasteiger partial charge on any atom is -0.453 e. The van der Waals surface area contributed by atoms with E-state index in [0.29, 0.717) is 23.0 Å². The number of nitrogens with zero attached hydrogens (tertiary/aromatic N) is 5. The molecule has 15 nitrogen and oxygen atoms in total. The Bertz CT molecular complexity index is 2420. The Morgan fingerprint density at radius 1 is 0.537 bits per heavy atom. The van der Waals surface area contributed by atoms with Gasteiger partial charge in [-0.05, 0) is 71.0 Å². The third kappa shape index (κ3) is 8.46. The van der Waals surface area contributed by atoms with Gasteiger partial charge in [0.25, 0.3) is 5.75 Å². The van der Waals surface area contributed by atoms with Gasteiger partial charge in [-0.2, -0.15) is 0 Å². The molecule has 18 heteroatoms. The molecule has 0 bridgehead atoms. The highest BCUT2D eigenvalue weighted by Crippen LogP contribution is 2.51. The number of hydrogen-bond acceptors (Lipinski definition) is 11. The first-order chi connectivity index (χ1) is 26.4. The summed E-state index contributed by atoms with van der Waals surface area (Å²) in [7, 11) is -4.44. The number of ether oxygens (including phenoxy) is 2. The number of nitro groups is 2. The molecule has 0 saturated carbocycles. The monoisotopic (exact) mass is 781 g/mol. The third-order valence-electron chi connectivity index (χ3n) is 7.09. The molecule has 0 aliphatic carbocycles. The van der Waals surface area contributed by atoms with Crippen LogP contribution in [0.5, 0.6) is 46.0 Å². The molecule has 0 aliphatic heterocycles. The predicted molar refractivity (Wildman–Crippen MR) is 202 cm³/mol. The summed E-state index contributed by atoms with van der Waals surface area (Å²) in [5, 5.41) is 25.0. The van der Waals surface area contributed by atoms with Crippen molar-refractivity contribution in [2.75, 3.05) is 0 Å². The van der Waals surface area contributed by atoms with Crippen molar-refractivity contribution in [3.63, 3.8) is 0 Å². The Morgan fingerprint density at radius 3 is 1.69 bits per heavy atom. The minimum absolute atomic E-state index is 0.0423. The largest absolute Gasteiger partial charge is 0.453 e. The van der Waals surface area contributed by atoms with Crippen LogP contribution in [0.1, 0.15) is 0 Å². The molecule has 0 aliphatic rings. The Morgan fingerprint density at radius 2 is 1.07 bits per heavy atom. The summed E-state index contributed by atoms with van der Waals surface area (Å²) in [6.07, 6.45) is 0. The van der Waals surface area contributed by atoms with Gasteiger partial charge in [0.05, 0.1) is 9.85 Å². The van der Waals surface area contributed by atoms with E-state index in [1.54, 1.807) is 109 Å². The minimum atomic E-state index is -2.39. The van der Waals surface area contributed by atoms with Gasteiger partial charge in [-0.1, -0.05) is 89.2 Å². The summed E-state index contributed by atoms with van der Waals surface area (Å²) in [6.45, 7) is 0. The molecule has 0 saturated heterocycles.